The van der Waals surface area contributed by atoms with Crippen LogP contribution < -0.4 is 4.74 Å². The Bertz CT molecular complexity index is 915. The van der Waals surface area contributed by atoms with Gasteiger partial charge in [0.1, 0.15) is 11.5 Å². The predicted octanol–water partition coefficient (Wildman–Crippen LogP) is 4.98. The van der Waals surface area contributed by atoms with Crippen LogP contribution in [-0.2, 0) is 21.5 Å². The highest BCUT2D eigenvalue weighted by molar-refractivity contribution is 7.85. The Labute approximate surface area is 166 Å². The van der Waals surface area contributed by atoms with Gasteiger partial charge in [-0.3, -0.25) is 4.55 Å². The number of benzene rings is 2. The predicted molar refractivity (Wildman–Crippen MR) is 107 cm³/mol. The van der Waals surface area contributed by atoms with Crippen LogP contribution in [0.3, 0.4) is 0 Å². The molecule has 2 bridgehead atoms. The second kappa shape index (κ2) is 7.50. The SMILES string of the molecule is O=S(=O)(O)CCC12CCC(OCc3cccc(Oc4ccccc4)c3)(CC1)C2. The fraction of sp³-hybridized carbons (Fsp3) is 0.455. The molecule has 0 aromatic heterocycles. The standard InChI is InChI=1S/C22H26O5S/c23-28(24,25)14-13-21-9-11-22(17-21,12-10-21)26-16-18-5-4-8-20(15-18)27-19-6-2-1-3-7-19/h1-8,15H,9-14,16-17H2,(H,23,24,25). The summed E-state index contributed by atoms with van der Waals surface area (Å²) in [5.41, 5.74) is 0.911. The zero-order valence-electron chi connectivity index (χ0n) is 15.8. The summed E-state index contributed by atoms with van der Waals surface area (Å²) < 4.78 is 43.6. The van der Waals surface area contributed by atoms with E-state index in [2.05, 4.69) is 0 Å². The summed E-state index contributed by atoms with van der Waals surface area (Å²) in [6.45, 7) is 0.514. The Balaban J connectivity index is 1.36. The topological polar surface area (TPSA) is 72.8 Å². The highest BCUT2D eigenvalue weighted by atomic mass is 32.2. The monoisotopic (exact) mass is 402 g/mol. The van der Waals surface area contributed by atoms with Gasteiger partial charge in [-0.25, -0.2) is 0 Å². The van der Waals surface area contributed by atoms with Gasteiger partial charge in [0, 0.05) is 0 Å². The molecule has 0 radical (unpaired) electrons. The molecular formula is C22H26O5S. The zero-order chi connectivity index (χ0) is 19.7. The van der Waals surface area contributed by atoms with Crippen molar-refractivity contribution in [1.29, 1.82) is 0 Å². The summed E-state index contributed by atoms with van der Waals surface area (Å²) in [6, 6.07) is 17.6. The van der Waals surface area contributed by atoms with Gasteiger partial charge >= 0.3 is 0 Å². The van der Waals surface area contributed by atoms with Crippen LogP contribution in [0.25, 0.3) is 0 Å². The maximum Gasteiger partial charge on any atom is 0.264 e. The Kier molecular flexibility index (Phi) is 5.21. The first-order valence-electron chi connectivity index (χ1n) is 9.77. The molecule has 0 spiro atoms. The summed E-state index contributed by atoms with van der Waals surface area (Å²) in [5, 5.41) is 0. The zero-order valence-corrected chi connectivity index (χ0v) is 16.7. The van der Waals surface area contributed by atoms with Crippen LogP contribution in [0.2, 0.25) is 0 Å². The van der Waals surface area contributed by atoms with E-state index in [4.69, 9.17) is 14.0 Å². The fourth-order valence-corrected chi connectivity index (χ4v) is 5.40. The van der Waals surface area contributed by atoms with Crippen LogP contribution in [0.15, 0.2) is 54.6 Å². The lowest BCUT2D eigenvalue weighted by atomic mass is 9.82. The molecule has 0 unspecified atom stereocenters. The minimum absolute atomic E-state index is 0.00800. The lowest BCUT2D eigenvalue weighted by molar-refractivity contribution is -0.0486. The highest BCUT2D eigenvalue weighted by Gasteiger charge is 2.54. The minimum atomic E-state index is -3.90. The van der Waals surface area contributed by atoms with E-state index in [1.165, 1.54) is 0 Å². The van der Waals surface area contributed by atoms with Crippen molar-refractivity contribution in [3.8, 4) is 11.5 Å². The number of hydrogen-bond acceptors (Lipinski definition) is 4. The first kappa shape index (κ1) is 19.4. The van der Waals surface area contributed by atoms with Crippen LogP contribution in [-0.4, -0.2) is 24.3 Å². The first-order valence-corrected chi connectivity index (χ1v) is 11.4. The summed E-state index contributed by atoms with van der Waals surface area (Å²) in [6.07, 6.45) is 5.27. The number of fused-ring (bicyclic) bond motifs is 2. The van der Waals surface area contributed by atoms with Gasteiger partial charge in [0.05, 0.1) is 18.0 Å². The molecule has 5 nitrogen and oxygen atoms in total. The van der Waals surface area contributed by atoms with E-state index in [-0.39, 0.29) is 16.8 Å². The molecule has 6 heteroatoms. The van der Waals surface area contributed by atoms with Gasteiger partial charge < -0.3 is 9.47 Å². The van der Waals surface area contributed by atoms with Crippen molar-refractivity contribution < 1.29 is 22.4 Å². The highest BCUT2D eigenvalue weighted by Crippen LogP contribution is 2.60. The van der Waals surface area contributed by atoms with Gasteiger partial charge in [0.25, 0.3) is 10.1 Å². The first-order chi connectivity index (χ1) is 13.4. The molecule has 150 valence electrons. The molecule has 2 saturated carbocycles. The second-order valence-electron chi connectivity index (χ2n) is 8.25. The van der Waals surface area contributed by atoms with Crippen LogP contribution in [0.1, 0.15) is 44.1 Å². The van der Waals surface area contributed by atoms with Gasteiger partial charge in [-0.15, -0.1) is 0 Å². The van der Waals surface area contributed by atoms with Gasteiger partial charge in [-0.1, -0.05) is 30.3 Å². The van der Waals surface area contributed by atoms with Gasteiger partial charge in [0.15, 0.2) is 0 Å². The molecule has 2 aliphatic rings. The van der Waals surface area contributed by atoms with E-state index in [9.17, 15) is 8.42 Å². The third-order valence-corrected chi connectivity index (χ3v) is 6.95. The normalized spacial score (nSPS) is 26.5. The summed E-state index contributed by atoms with van der Waals surface area (Å²) in [4.78, 5) is 0. The molecule has 1 N–H and O–H groups in total. The lowest BCUT2D eigenvalue weighted by Gasteiger charge is -2.28. The van der Waals surface area contributed by atoms with E-state index in [1.54, 1.807) is 0 Å². The Morgan fingerprint density at radius 1 is 0.929 bits per heavy atom. The molecular weight excluding hydrogens is 376 g/mol. The average molecular weight is 403 g/mol. The summed E-state index contributed by atoms with van der Waals surface area (Å²) >= 11 is 0. The van der Waals surface area contributed by atoms with Crippen LogP contribution in [0.4, 0.5) is 0 Å². The largest absolute Gasteiger partial charge is 0.457 e. The maximum atomic E-state index is 11.1. The molecule has 2 aromatic rings. The van der Waals surface area contributed by atoms with E-state index in [0.29, 0.717) is 13.0 Å². The quantitative estimate of drug-likeness (QED) is 0.631. The molecule has 0 atom stereocenters. The molecule has 28 heavy (non-hydrogen) atoms. The number of rotatable bonds is 8. The smallest absolute Gasteiger partial charge is 0.264 e. The second-order valence-corrected chi connectivity index (χ2v) is 9.82. The maximum absolute atomic E-state index is 11.1. The van der Waals surface area contributed by atoms with Crippen molar-refractivity contribution in [2.75, 3.05) is 5.75 Å². The van der Waals surface area contributed by atoms with Crippen molar-refractivity contribution >= 4 is 10.1 Å². The molecule has 0 heterocycles. The van der Waals surface area contributed by atoms with E-state index in [1.807, 2.05) is 54.6 Å². The van der Waals surface area contributed by atoms with Gasteiger partial charge in [-0.05, 0) is 73.8 Å². The molecule has 2 aliphatic carbocycles. The molecule has 2 aromatic carbocycles. The molecule has 0 amide bonds. The molecule has 4 rings (SSSR count). The van der Waals surface area contributed by atoms with Crippen LogP contribution >= 0.6 is 0 Å². The fourth-order valence-electron chi connectivity index (χ4n) is 4.71. The van der Waals surface area contributed by atoms with E-state index < -0.39 is 10.1 Å². The van der Waals surface area contributed by atoms with Crippen molar-refractivity contribution in [1.82, 2.24) is 0 Å². The third-order valence-electron chi connectivity index (χ3n) is 6.23. The molecule has 2 fully saturated rings. The van der Waals surface area contributed by atoms with Crippen molar-refractivity contribution in [2.45, 2.75) is 50.7 Å². The number of para-hydroxylation sites is 1. The Morgan fingerprint density at radius 2 is 1.64 bits per heavy atom. The van der Waals surface area contributed by atoms with Crippen LogP contribution in [0, 0.1) is 5.41 Å². The van der Waals surface area contributed by atoms with Crippen molar-refractivity contribution in [2.24, 2.45) is 5.41 Å². The van der Waals surface area contributed by atoms with Gasteiger partial charge in [-0.2, -0.15) is 8.42 Å². The number of hydrogen-bond donors (Lipinski definition) is 1. The molecule has 0 aliphatic heterocycles. The van der Waals surface area contributed by atoms with E-state index in [0.717, 1.165) is 49.2 Å². The van der Waals surface area contributed by atoms with Crippen molar-refractivity contribution in [3.05, 3.63) is 60.2 Å². The average Bonchev–Trinajstić information content (AvgIpc) is 3.23. The number of ether oxygens (including phenoxy) is 2. The summed E-state index contributed by atoms with van der Waals surface area (Å²) in [7, 11) is -3.90. The van der Waals surface area contributed by atoms with E-state index >= 15 is 0 Å². The Morgan fingerprint density at radius 3 is 2.36 bits per heavy atom. The molecule has 0 saturated heterocycles. The van der Waals surface area contributed by atoms with Crippen molar-refractivity contribution in [3.63, 3.8) is 0 Å². The minimum Gasteiger partial charge on any atom is -0.457 e. The third kappa shape index (κ3) is 4.57. The van der Waals surface area contributed by atoms with Gasteiger partial charge in [0.2, 0.25) is 0 Å². The Hall–Kier alpha value is -1.89. The lowest BCUT2D eigenvalue weighted by Crippen LogP contribution is -2.26. The summed E-state index contributed by atoms with van der Waals surface area (Å²) in [5.74, 6) is 1.43. The van der Waals surface area contributed by atoms with Crippen LogP contribution in [0.5, 0.6) is 11.5 Å².